The molecule has 0 aromatic rings. The van der Waals surface area contributed by atoms with E-state index in [-0.39, 0.29) is 17.1 Å². The van der Waals surface area contributed by atoms with E-state index >= 15 is 0 Å². The average Bonchev–Trinajstić information content (AvgIpc) is 1.99. The second-order valence-corrected chi connectivity index (χ2v) is 2.58. The van der Waals surface area contributed by atoms with Gasteiger partial charge in [0.2, 0.25) is 0 Å². The van der Waals surface area contributed by atoms with E-state index in [0.29, 0.717) is 0 Å². The molecule has 7 N–H and O–H groups in total. The molecule has 0 aliphatic heterocycles. The SMILES string of the molecule is O=C(O)CC(O)C(=O)O.O=C(O)O.O=[Si](O)O.[Fe]. The first-order chi connectivity index (χ1) is 7.50. The molecular weight excluding hydrogens is 320 g/mol. The number of aliphatic carboxylic acids is 2. The molecule has 0 saturated heterocycles. The molecule has 108 valence electrons. The van der Waals surface area contributed by atoms with E-state index in [1.807, 2.05) is 0 Å². The van der Waals surface area contributed by atoms with Crippen LogP contribution in [0, 0.1) is 0 Å². The van der Waals surface area contributed by atoms with E-state index < -0.39 is 39.8 Å². The Balaban J connectivity index is -0.0000000922. The van der Waals surface area contributed by atoms with Crippen molar-refractivity contribution < 1.29 is 71.0 Å². The third kappa shape index (κ3) is 63.7. The summed E-state index contributed by atoms with van der Waals surface area (Å²) in [4.78, 5) is 42.3. The van der Waals surface area contributed by atoms with Crippen molar-refractivity contribution in [2.45, 2.75) is 12.5 Å². The maximum absolute atomic E-state index is 9.72. The third-order valence-electron chi connectivity index (χ3n) is 0.653. The van der Waals surface area contributed by atoms with Crippen molar-refractivity contribution in [3.63, 3.8) is 0 Å². The maximum atomic E-state index is 9.72. The Hall–Kier alpha value is -1.69. The molecule has 1 atom stereocenters. The fourth-order valence-corrected chi connectivity index (χ4v) is 0.253. The van der Waals surface area contributed by atoms with Crippen LogP contribution < -0.4 is 0 Å². The zero-order valence-electron chi connectivity index (χ0n) is 8.40. The molecule has 1 unspecified atom stereocenters. The number of carbonyl (C=O) groups is 3. The molecule has 18 heavy (non-hydrogen) atoms. The van der Waals surface area contributed by atoms with Gasteiger partial charge in [-0.25, -0.2) is 9.59 Å². The minimum absolute atomic E-state index is 0. The number of carboxylic acids is 2. The predicted molar refractivity (Wildman–Crippen MR) is 47.4 cm³/mol. The molecule has 0 aromatic carbocycles. The summed E-state index contributed by atoms with van der Waals surface area (Å²) in [5.41, 5.74) is 0. The van der Waals surface area contributed by atoms with Crippen molar-refractivity contribution in [2.24, 2.45) is 0 Å². The number of hydrogen-bond donors (Lipinski definition) is 7. The van der Waals surface area contributed by atoms with Gasteiger partial charge in [0.25, 0.3) is 0 Å². The smallest absolute Gasteiger partial charge is 0.511 e. The normalized spacial score (nSPS) is 8.94. The van der Waals surface area contributed by atoms with Crippen LogP contribution >= 0.6 is 0 Å². The maximum Gasteiger partial charge on any atom is 0.761 e. The molecule has 13 heteroatoms. The van der Waals surface area contributed by atoms with Crippen molar-refractivity contribution in [3.05, 3.63) is 0 Å². The third-order valence-corrected chi connectivity index (χ3v) is 0.653. The second kappa shape index (κ2) is 15.3. The van der Waals surface area contributed by atoms with Crippen molar-refractivity contribution in [3.8, 4) is 0 Å². The van der Waals surface area contributed by atoms with Crippen LogP contribution in [-0.4, -0.2) is 68.5 Å². The van der Waals surface area contributed by atoms with Crippen LogP contribution in [0.25, 0.3) is 0 Å². The zero-order chi connectivity index (χ0) is 14.6. The summed E-state index contributed by atoms with van der Waals surface area (Å²) in [6, 6.07) is 0. The molecular formula is C5H10FeO11Si. The Morgan fingerprint density at radius 3 is 1.28 bits per heavy atom. The topological polar surface area (TPSA) is 210 Å². The molecule has 0 rings (SSSR count). The van der Waals surface area contributed by atoms with E-state index in [4.69, 9.17) is 44.4 Å². The minimum Gasteiger partial charge on any atom is -0.511 e. The van der Waals surface area contributed by atoms with Crippen molar-refractivity contribution in [2.75, 3.05) is 0 Å². The van der Waals surface area contributed by atoms with E-state index in [0.717, 1.165) is 0 Å². The number of hydrogen-bond acceptors (Lipinski definition) is 5. The van der Waals surface area contributed by atoms with Crippen molar-refractivity contribution in [1.82, 2.24) is 0 Å². The van der Waals surface area contributed by atoms with Gasteiger partial charge in [0.1, 0.15) is 0 Å². The van der Waals surface area contributed by atoms with Gasteiger partial charge in [0, 0.05) is 17.1 Å². The first-order valence-corrected chi connectivity index (χ1v) is 4.77. The monoisotopic (exact) mass is 330 g/mol. The Bertz CT molecular complexity index is 259. The van der Waals surface area contributed by atoms with Crippen molar-refractivity contribution >= 4 is 27.3 Å². The molecule has 0 aromatic heterocycles. The zero-order valence-corrected chi connectivity index (χ0v) is 10.5. The molecule has 0 fully saturated rings. The standard InChI is InChI=1S/C4H6O5.CH2O3.Fe.H2O3Si/c5-2(4(8)9)1-3(6)7;2-1(3)4;;1-4(2)3/h2,5H,1H2,(H,6,7)(H,8,9);(H2,2,3,4);;1-2H. The van der Waals surface area contributed by atoms with Gasteiger partial charge in [0.05, 0.1) is 6.42 Å². The molecule has 0 amide bonds. The van der Waals surface area contributed by atoms with Gasteiger partial charge >= 0.3 is 27.3 Å². The number of carboxylic acid groups (broad SMARTS) is 4. The first kappa shape index (κ1) is 25.2. The fraction of sp³-hybridized carbons (Fsp3) is 0.400. The minimum atomic E-state index is -3.13. The summed E-state index contributed by atoms with van der Waals surface area (Å²) < 4.78 is 8.74. The number of rotatable bonds is 3. The van der Waals surface area contributed by atoms with Crippen LogP contribution in [0.15, 0.2) is 0 Å². The Morgan fingerprint density at radius 1 is 1.00 bits per heavy atom. The fourth-order valence-electron chi connectivity index (χ4n) is 0.253. The number of aliphatic hydroxyl groups excluding tert-OH is 1. The molecule has 11 nitrogen and oxygen atoms in total. The Labute approximate surface area is 111 Å². The van der Waals surface area contributed by atoms with Gasteiger partial charge in [-0.2, -0.15) is 0 Å². The van der Waals surface area contributed by atoms with E-state index in [1.54, 1.807) is 0 Å². The van der Waals surface area contributed by atoms with Gasteiger partial charge < -0.3 is 35.1 Å². The summed E-state index contributed by atoms with van der Waals surface area (Å²) in [7, 11) is -3.13. The van der Waals surface area contributed by atoms with Crippen LogP contribution in [0.2, 0.25) is 0 Å². The van der Waals surface area contributed by atoms with Crippen LogP contribution in [0.1, 0.15) is 6.42 Å². The summed E-state index contributed by atoms with van der Waals surface area (Å²) >= 11 is 0. The molecule has 0 saturated carbocycles. The van der Waals surface area contributed by atoms with Crippen LogP contribution in [0.4, 0.5) is 4.79 Å². The van der Waals surface area contributed by atoms with Gasteiger partial charge in [-0.3, -0.25) is 9.26 Å². The Kier molecular flexibility index (Phi) is 21.5. The van der Waals surface area contributed by atoms with E-state index in [9.17, 15) is 9.59 Å². The predicted octanol–water partition coefficient (Wildman–Crippen LogP) is -2.49. The van der Waals surface area contributed by atoms with Gasteiger partial charge in [-0.05, 0) is 0 Å². The molecule has 0 aliphatic carbocycles. The Morgan fingerprint density at radius 2 is 1.22 bits per heavy atom. The van der Waals surface area contributed by atoms with E-state index in [1.165, 1.54) is 0 Å². The van der Waals surface area contributed by atoms with Crippen LogP contribution in [-0.2, 0) is 31.1 Å². The average molecular weight is 330 g/mol. The van der Waals surface area contributed by atoms with Gasteiger partial charge in [-0.15, -0.1) is 0 Å². The summed E-state index contributed by atoms with van der Waals surface area (Å²) in [5, 5.41) is 38.1. The molecule has 0 heterocycles. The van der Waals surface area contributed by atoms with Gasteiger partial charge in [-0.1, -0.05) is 0 Å². The van der Waals surface area contributed by atoms with Gasteiger partial charge in [0.15, 0.2) is 6.10 Å². The summed E-state index contributed by atoms with van der Waals surface area (Å²) in [6.45, 7) is 0. The second-order valence-electron chi connectivity index (χ2n) is 2.02. The molecule has 0 spiro atoms. The van der Waals surface area contributed by atoms with Crippen LogP contribution in [0.5, 0.6) is 0 Å². The van der Waals surface area contributed by atoms with E-state index in [2.05, 4.69) is 0 Å². The molecule has 0 radical (unpaired) electrons. The molecule has 0 aliphatic rings. The summed E-state index contributed by atoms with van der Waals surface area (Å²) in [5.74, 6) is -2.85. The first-order valence-electron chi connectivity index (χ1n) is 3.47. The number of aliphatic hydroxyl groups is 1. The molecule has 0 bridgehead atoms. The van der Waals surface area contributed by atoms with Crippen molar-refractivity contribution in [1.29, 1.82) is 0 Å². The quantitative estimate of drug-likeness (QED) is 0.269. The summed E-state index contributed by atoms with van der Waals surface area (Å²) in [6.07, 6.45) is -4.38. The van der Waals surface area contributed by atoms with Crippen LogP contribution in [0.3, 0.4) is 0 Å². The largest absolute Gasteiger partial charge is 0.761 e.